The Morgan fingerprint density at radius 1 is 1.16 bits per heavy atom. The zero-order valence-electron chi connectivity index (χ0n) is 13.6. The number of carboxylic acids is 1. The van der Waals surface area contributed by atoms with Crippen LogP contribution in [0.15, 0.2) is 42.5 Å². The van der Waals surface area contributed by atoms with E-state index in [-0.39, 0.29) is 28.9 Å². The summed E-state index contributed by atoms with van der Waals surface area (Å²) >= 11 is 0. The van der Waals surface area contributed by atoms with Crippen molar-refractivity contribution in [3.05, 3.63) is 70.8 Å². The van der Waals surface area contributed by atoms with Crippen LogP contribution < -0.4 is 0 Å². The smallest absolute Gasteiger partial charge is 0.335 e. The quantitative estimate of drug-likeness (QED) is 0.903. The maximum Gasteiger partial charge on any atom is 0.335 e. The Bertz CT molecular complexity index is 820. The van der Waals surface area contributed by atoms with Crippen LogP contribution in [0, 0.1) is 17.6 Å². The molecule has 0 aliphatic heterocycles. The van der Waals surface area contributed by atoms with Crippen LogP contribution in [0.1, 0.15) is 33.8 Å². The number of halogens is 2. The van der Waals surface area contributed by atoms with Gasteiger partial charge in [0.25, 0.3) is 0 Å². The number of rotatable bonds is 5. The number of carbonyl (C=O) groups is 2. The molecule has 1 fully saturated rings. The Hall–Kier alpha value is -2.76. The lowest BCUT2D eigenvalue weighted by Crippen LogP contribution is -2.28. The van der Waals surface area contributed by atoms with Crippen molar-refractivity contribution in [3.63, 3.8) is 0 Å². The summed E-state index contributed by atoms with van der Waals surface area (Å²) in [6.45, 7) is 0.327. The van der Waals surface area contributed by atoms with Crippen LogP contribution in [0.4, 0.5) is 8.78 Å². The molecule has 1 saturated carbocycles. The summed E-state index contributed by atoms with van der Waals surface area (Å²) < 4.78 is 27.2. The number of aromatic carboxylic acids is 1. The zero-order valence-corrected chi connectivity index (χ0v) is 13.6. The molecule has 2 atom stereocenters. The summed E-state index contributed by atoms with van der Waals surface area (Å²) in [4.78, 5) is 24.8. The Kier molecular flexibility index (Phi) is 4.53. The number of benzene rings is 2. The first-order valence-corrected chi connectivity index (χ1v) is 7.89. The second-order valence-corrected chi connectivity index (χ2v) is 6.29. The number of carbonyl (C=O) groups excluding carboxylic acids is 1. The predicted molar refractivity (Wildman–Crippen MR) is 87.1 cm³/mol. The first-order chi connectivity index (χ1) is 11.9. The van der Waals surface area contributed by atoms with Crippen LogP contribution in [0.25, 0.3) is 0 Å². The predicted octanol–water partition coefficient (Wildman–Crippen LogP) is 3.43. The molecule has 3 rings (SSSR count). The maximum absolute atomic E-state index is 13.8. The van der Waals surface area contributed by atoms with Gasteiger partial charge >= 0.3 is 5.97 Å². The van der Waals surface area contributed by atoms with Gasteiger partial charge in [0.05, 0.1) is 5.56 Å². The van der Waals surface area contributed by atoms with E-state index < -0.39 is 17.6 Å². The van der Waals surface area contributed by atoms with Crippen molar-refractivity contribution < 1.29 is 23.5 Å². The van der Waals surface area contributed by atoms with Crippen molar-refractivity contribution in [3.8, 4) is 0 Å². The molecule has 2 aromatic rings. The Morgan fingerprint density at radius 2 is 1.84 bits per heavy atom. The minimum atomic E-state index is -1.01. The van der Waals surface area contributed by atoms with Crippen molar-refractivity contribution in [2.24, 2.45) is 5.92 Å². The molecule has 0 heterocycles. The van der Waals surface area contributed by atoms with E-state index in [0.29, 0.717) is 13.0 Å². The van der Waals surface area contributed by atoms with Crippen LogP contribution in [0.5, 0.6) is 0 Å². The van der Waals surface area contributed by atoms with Gasteiger partial charge in [-0.2, -0.15) is 0 Å². The number of hydrogen-bond donors (Lipinski definition) is 1. The summed E-state index contributed by atoms with van der Waals surface area (Å²) in [7, 11) is 1.64. The molecule has 2 aromatic carbocycles. The summed E-state index contributed by atoms with van der Waals surface area (Å²) in [5, 5.41) is 8.88. The van der Waals surface area contributed by atoms with Crippen LogP contribution in [-0.2, 0) is 11.3 Å². The average molecular weight is 345 g/mol. The molecular formula is C19H17F2NO3. The maximum atomic E-state index is 13.8. The molecular weight excluding hydrogens is 328 g/mol. The molecule has 4 nitrogen and oxygen atoms in total. The molecule has 0 radical (unpaired) electrons. The molecule has 130 valence electrons. The lowest BCUT2D eigenvalue weighted by Gasteiger charge is -2.17. The second kappa shape index (κ2) is 6.63. The van der Waals surface area contributed by atoms with Gasteiger partial charge in [-0.3, -0.25) is 4.79 Å². The molecule has 0 spiro atoms. The minimum Gasteiger partial charge on any atom is -0.478 e. The highest BCUT2D eigenvalue weighted by atomic mass is 19.2. The molecule has 6 heteroatoms. The van der Waals surface area contributed by atoms with Gasteiger partial charge in [0.15, 0.2) is 11.6 Å². The highest BCUT2D eigenvalue weighted by Gasteiger charge is 2.46. The molecule has 1 N–H and O–H groups in total. The normalized spacial score (nSPS) is 18.7. The van der Waals surface area contributed by atoms with Crippen LogP contribution in [-0.4, -0.2) is 28.9 Å². The highest BCUT2D eigenvalue weighted by molar-refractivity contribution is 5.87. The molecule has 0 aromatic heterocycles. The van der Waals surface area contributed by atoms with E-state index in [1.165, 1.54) is 29.2 Å². The third kappa shape index (κ3) is 3.52. The second-order valence-electron chi connectivity index (χ2n) is 6.29. The summed E-state index contributed by atoms with van der Waals surface area (Å²) in [6, 6.07) is 10.3. The first-order valence-electron chi connectivity index (χ1n) is 7.89. The molecule has 0 saturated heterocycles. The molecule has 1 aliphatic rings. The molecule has 1 amide bonds. The Morgan fingerprint density at radius 3 is 2.48 bits per heavy atom. The van der Waals surface area contributed by atoms with Crippen molar-refractivity contribution in [2.45, 2.75) is 18.9 Å². The molecule has 1 aliphatic carbocycles. The molecule has 25 heavy (non-hydrogen) atoms. The molecule has 0 bridgehead atoms. The number of carboxylic acid groups (broad SMARTS) is 1. The van der Waals surface area contributed by atoms with Gasteiger partial charge < -0.3 is 10.0 Å². The first kappa shape index (κ1) is 17.1. The van der Waals surface area contributed by atoms with Crippen LogP contribution in [0.2, 0.25) is 0 Å². The SMILES string of the molecule is CN(Cc1ccc(C(=O)O)cc1)C(=O)C1CC1c1cccc(F)c1F. The van der Waals surface area contributed by atoms with Crippen LogP contribution >= 0.6 is 0 Å². The number of hydrogen-bond acceptors (Lipinski definition) is 2. The third-order valence-corrected chi connectivity index (χ3v) is 4.49. The summed E-state index contributed by atoms with van der Waals surface area (Å²) in [5.41, 5.74) is 1.23. The van der Waals surface area contributed by atoms with Gasteiger partial charge in [-0.1, -0.05) is 24.3 Å². The highest BCUT2D eigenvalue weighted by Crippen LogP contribution is 2.49. The van der Waals surface area contributed by atoms with Gasteiger partial charge in [-0.25, -0.2) is 13.6 Å². The average Bonchev–Trinajstić information content (AvgIpc) is 3.37. The molecule has 2 unspecified atom stereocenters. The van der Waals surface area contributed by atoms with E-state index in [1.807, 2.05) is 0 Å². The van der Waals surface area contributed by atoms with Crippen LogP contribution in [0.3, 0.4) is 0 Å². The Balaban J connectivity index is 1.64. The van der Waals surface area contributed by atoms with E-state index in [0.717, 1.165) is 11.6 Å². The standard InChI is InChI=1S/C19H17F2NO3/c1-22(10-11-5-7-12(8-6-11)19(24)25)18(23)15-9-14(15)13-3-2-4-16(20)17(13)21/h2-8,14-15H,9-10H2,1H3,(H,24,25). The van der Waals surface area contributed by atoms with E-state index in [9.17, 15) is 18.4 Å². The fourth-order valence-electron chi connectivity index (χ4n) is 3.01. The van der Waals surface area contributed by atoms with Crippen molar-refractivity contribution >= 4 is 11.9 Å². The van der Waals surface area contributed by atoms with Gasteiger partial charge in [0.1, 0.15) is 0 Å². The van der Waals surface area contributed by atoms with E-state index in [4.69, 9.17) is 5.11 Å². The monoisotopic (exact) mass is 345 g/mol. The number of nitrogens with zero attached hydrogens (tertiary/aromatic N) is 1. The van der Waals surface area contributed by atoms with Gasteiger partial charge in [-0.05, 0) is 41.7 Å². The zero-order chi connectivity index (χ0) is 18.1. The van der Waals surface area contributed by atoms with E-state index >= 15 is 0 Å². The minimum absolute atomic E-state index is 0.129. The van der Waals surface area contributed by atoms with Gasteiger partial charge in [0, 0.05) is 19.5 Å². The lowest BCUT2D eigenvalue weighted by atomic mass is 10.1. The van der Waals surface area contributed by atoms with Crippen molar-refractivity contribution in [1.29, 1.82) is 0 Å². The number of amides is 1. The Labute approximate surface area is 143 Å². The third-order valence-electron chi connectivity index (χ3n) is 4.49. The van der Waals surface area contributed by atoms with E-state index in [1.54, 1.807) is 19.2 Å². The van der Waals surface area contributed by atoms with Crippen molar-refractivity contribution in [1.82, 2.24) is 4.90 Å². The summed E-state index contributed by atoms with van der Waals surface area (Å²) in [6.07, 6.45) is 0.501. The fourth-order valence-corrected chi connectivity index (χ4v) is 3.01. The van der Waals surface area contributed by atoms with Gasteiger partial charge in [-0.15, -0.1) is 0 Å². The fraction of sp³-hybridized carbons (Fsp3) is 0.263. The van der Waals surface area contributed by atoms with Crippen molar-refractivity contribution in [2.75, 3.05) is 7.05 Å². The van der Waals surface area contributed by atoms with E-state index in [2.05, 4.69) is 0 Å². The van der Waals surface area contributed by atoms with Gasteiger partial charge in [0.2, 0.25) is 5.91 Å². The topological polar surface area (TPSA) is 57.6 Å². The lowest BCUT2D eigenvalue weighted by molar-refractivity contribution is -0.131. The summed E-state index contributed by atoms with van der Waals surface area (Å²) in [5.74, 6) is -3.55. The largest absolute Gasteiger partial charge is 0.478 e.